The molecule has 8 atom stereocenters. The number of carbonyl (C=O) groups excluding carboxylic acids is 5. The van der Waals surface area contributed by atoms with Crippen molar-refractivity contribution in [3.8, 4) is 0 Å². The Hall–Kier alpha value is -2.93. The van der Waals surface area contributed by atoms with Crippen molar-refractivity contribution in [3.05, 3.63) is 35.9 Å². The Balaban J connectivity index is 2.02. The summed E-state index contributed by atoms with van der Waals surface area (Å²) in [6.07, 6.45) is -1.49. The van der Waals surface area contributed by atoms with E-state index in [1.165, 1.54) is 6.92 Å². The van der Waals surface area contributed by atoms with E-state index in [4.69, 9.17) is 23.2 Å². The standard InChI is InChI=1S/C25H33Cl2N5O7/c1-3-15-25(39)32-10-14(26)19(27)21(32)24(38)31-20(12(2)34)23(37)30-17(11-33)22(36)29-16(9-18(35)28-15)13-7-5-4-6-8-13/h4-8,12,14-17,19-21,33-34H,3,9-11H2,1-2H3,(H,28,35)(H,29,36)(H,30,37)(H,31,38)/t12-,14+,15+,16+,17-,19+,20-,21-/m1/s1. The van der Waals surface area contributed by atoms with Crippen molar-refractivity contribution in [2.45, 2.75) is 73.8 Å². The van der Waals surface area contributed by atoms with Crippen molar-refractivity contribution in [2.24, 2.45) is 0 Å². The Labute approximate surface area is 235 Å². The van der Waals surface area contributed by atoms with Gasteiger partial charge in [-0.05, 0) is 18.9 Å². The van der Waals surface area contributed by atoms with Gasteiger partial charge in [0, 0.05) is 6.54 Å². The summed E-state index contributed by atoms with van der Waals surface area (Å²) in [6, 6.07) is 2.39. The number of nitrogens with one attached hydrogen (secondary N) is 4. The highest BCUT2D eigenvalue weighted by Gasteiger charge is 2.48. The molecule has 3 rings (SSSR count). The van der Waals surface area contributed by atoms with Crippen LogP contribution in [0.4, 0.5) is 0 Å². The molecular weight excluding hydrogens is 553 g/mol. The number of halogens is 2. The van der Waals surface area contributed by atoms with Gasteiger partial charge < -0.3 is 36.4 Å². The van der Waals surface area contributed by atoms with Gasteiger partial charge >= 0.3 is 0 Å². The van der Waals surface area contributed by atoms with Crippen molar-refractivity contribution in [2.75, 3.05) is 13.2 Å². The fraction of sp³-hybridized carbons (Fsp3) is 0.560. The number of hydrogen-bond acceptors (Lipinski definition) is 7. The second kappa shape index (κ2) is 13.4. The molecule has 0 saturated carbocycles. The molecule has 2 saturated heterocycles. The Morgan fingerprint density at radius 2 is 1.62 bits per heavy atom. The zero-order valence-corrected chi connectivity index (χ0v) is 23.0. The van der Waals surface area contributed by atoms with E-state index in [2.05, 4.69) is 21.3 Å². The Morgan fingerprint density at radius 1 is 0.949 bits per heavy atom. The second-order valence-electron chi connectivity index (χ2n) is 9.57. The quantitative estimate of drug-likeness (QED) is 0.243. The van der Waals surface area contributed by atoms with Crippen LogP contribution in [0.5, 0.6) is 0 Å². The first-order valence-electron chi connectivity index (χ1n) is 12.6. The van der Waals surface area contributed by atoms with Crippen LogP contribution in [0.2, 0.25) is 0 Å². The lowest BCUT2D eigenvalue weighted by Crippen LogP contribution is -2.62. The van der Waals surface area contributed by atoms with Gasteiger partial charge in [0.05, 0.1) is 35.9 Å². The lowest BCUT2D eigenvalue weighted by atomic mass is 10.0. The monoisotopic (exact) mass is 585 g/mol. The molecule has 0 unspecified atom stereocenters. The zero-order chi connectivity index (χ0) is 28.9. The highest BCUT2D eigenvalue weighted by atomic mass is 35.5. The molecule has 0 aliphatic carbocycles. The Bertz CT molecular complexity index is 1080. The van der Waals surface area contributed by atoms with Crippen molar-refractivity contribution in [1.29, 1.82) is 0 Å². The van der Waals surface area contributed by atoms with E-state index in [0.717, 1.165) is 4.90 Å². The summed E-state index contributed by atoms with van der Waals surface area (Å²) in [5.74, 6) is -3.75. The summed E-state index contributed by atoms with van der Waals surface area (Å²) in [7, 11) is 0. The molecule has 1 aromatic carbocycles. The van der Waals surface area contributed by atoms with Gasteiger partial charge in [0.15, 0.2) is 0 Å². The number of rotatable bonds is 4. The van der Waals surface area contributed by atoms with Gasteiger partial charge in [0.1, 0.15) is 24.2 Å². The molecular formula is C25H33Cl2N5O7. The Morgan fingerprint density at radius 3 is 2.21 bits per heavy atom. The number of carbonyl (C=O) groups is 5. The third-order valence-electron chi connectivity index (χ3n) is 6.73. The number of aliphatic hydroxyl groups is 2. The molecule has 2 aliphatic rings. The Kier molecular flexibility index (Phi) is 10.5. The number of alkyl halides is 2. The molecule has 2 aliphatic heterocycles. The van der Waals surface area contributed by atoms with E-state index in [1.807, 2.05) is 0 Å². The van der Waals surface area contributed by atoms with Gasteiger partial charge in [-0.15, -0.1) is 23.2 Å². The van der Waals surface area contributed by atoms with Crippen molar-refractivity contribution < 1.29 is 34.2 Å². The topological polar surface area (TPSA) is 177 Å². The maximum absolute atomic E-state index is 13.5. The van der Waals surface area contributed by atoms with Gasteiger partial charge in [-0.2, -0.15) is 0 Å². The van der Waals surface area contributed by atoms with Crippen LogP contribution in [-0.4, -0.2) is 98.8 Å². The van der Waals surface area contributed by atoms with Crippen LogP contribution in [0.15, 0.2) is 30.3 Å². The lowest BCUT2D eigenvalue weighted by Gasteiger charge is -2.32. The summed E-state index contributed by atoms with van der Waals surface area (Å²) in [6.45, 7) is 2.05. The minimum atomic E-state index is -1.55. The van der Waals surface area contributed by atoms with Crippen molar-refractivity contribution >= 4 is 52.7 Å². The van der Waals surface area contributed by atoms with Crippen LogP contribution in [0, 0.1) is 0 Å². The number of amides is 5. The first kappa shape index (κ1) is 30.6. The van der Waals surface area contributed by atoms with E-state index in [0.29, 0.717) is 5.56 Å². The average molecular weight is 586 g/mol. The summed E-state index contributed by atoms with van der Waals surface area (Å²) >= 11 is 12.7. The molecule has 0 spiro atoms. The normalized spacial score (nSPS) is 32.0. The van der Waals surface area contributed by atoms with Crippen molar-refractivity contribution in [3.63, 3.8) is 0 Å². The summed E-state index contributed by atoms with van der Waals surface area (Å²) in [4.78, 5) is 67.1. The number of hydrogen-bond donors (Lipinski definition) is 6. The van der Waals surface area contributed by atoms with E-state index in [9.17, 15) is 34.2 Å². The molecule has 2 fully saturated rings. The van der Waals surface area contributed by atoms with Crippen LogP contribution >= 0.6 is 23.2 Å². The molecule has 0 radical (unpaired) electrons. The third-order valence-corrected chi connectivity index (χ3v) is 7.81. The predicted molar refractivity (Wildman–Crippen MR) is 142 cm³/mol. The SMILES string of the molecule is CC[C@@H]1NC(=O)C[C@@H](c2ccccc2)NC(=O)[C@@H](CO)NC(=O)[C@@H]([C@@H](C)O)NC(=O)[C@H]2[C@@H](Cl)[C@@H](Cl)CN2C1=O. The minimum absolute atomic E-state index is 0.0835. The lowest BCUT2D eigenvalue weighted by molar-refractivity contribution is -0.143. The second-order valence-corrected chi connectivity index (χ2v) is 10.6. The minimum Gasteiger partial charge on any atom is -0.394 e. The van der Waals surface area contributed by atoms with Crippen LogP contribution in [0.1, 0.15) is 38.3 Å². The zero-order valence-electron chi connectivity index (χ0n) is 21.5. The third kappa shape index (κ3) is 7.18. The van der Waals surface area contributed by atoms with Gasteiger partial charge in [-0.25, -0.2) is 0 Å². The molecule has 6 N–H and O–H groups in total. The molecule has 12 nitrogen and oxygen atoms in total. The molecule has 1 aromatic rings. The predicted octanol–water partition coefficient (Wildman–Crippen LogP) is -1.09. The molecule has 0 bridgehead atoms. The van der Waals surface area contributed by atoms with Crippen LogP contribution in [0.3, 0.4) is 0 Å². The summed E-state index contributed by atoms with van der Waals surface area (Å²) < 4.78 is 0. The van der Waals surface area contributed by atoms with Gasteiger partial charge in [0.2, 0.25) is 29.5 Å². The highest BCUT2D eigenvalue weighted by molar-refractivity contribution is 6.32. The highest BCUT2D eigenvalue weighted by Crippen LogP contribution is 2.29. The smallest absolute Gasteiger partial charge is 0.245 e. The average Bonchev–Trinajstić information content (AvgIpc) is 3.21. The fourth-order valence-electron chi connectivity index (χ4n) is 4.57. The van der Waals surface area contributed by atoms with E-state index in [1.54, 1.807) is 37.3 Å². The van der Waals surface area contributed by atoms with E-state index in [-0.39, 0.29) is 19.4 Å². The van der Waals surface area contributed by atoms with Gasteiger partial charge in [0.25, 0.3) is 0 Å². The van der Waals surface area contributed by atoms with Crippen molar-refractivity contribution in [1.82, 2.24) is 26.2 Å². The number of benzene rings is 1. The molecule has 14 heteroatoms. The number of aliphatic hydroxyl groups excluding tert-OH is 2. The van der Waals surface area contributed by atoms with Gasteiger partial charge in [-0.1, -0.05) is 37.3 Å². The number of nitrogens with zero attached hydrogens (tertiary/aromatic N) is 1. The molecule has 0 aromatic heterocycles. The molecule has 5 amide bonds. The van der Waals surface area contributed by atoms with Crippen LogP contribution in [0.25, 0.3) is 0 Å². The van der Waals surface area contributed by atoms with E-state index >= 15 is 0 Å². The first-order chi connectivity index (χ1) is 18.5. The maximum atomic E-state index is 13.5. The summed E-state index contributed by atoms with van der Waals surface area (Å²) in [5.41, 5.74) is 0.577. The first-order valence-corrected chi connectivity index (χ1v) is 13.5. The molecule has 214 valence electrons. The summed E-state index contributed by atoms with van der Waals surface area (Å²) in [5, 5.41) is 28.3. The maximum Gasteiger partial charge on any atom is 0.245 e. The van der Waals surface area contributed by atoms with Crippen LogP contribution in [-0.2, 0) is 24.0 Å². The fourth-order valence-corrected chi connectivity index (χ4v) is 5.19. The molecule has 2 heterocycles. The number of fused-ring (bicyclic) bond motifs is 1. The largest absolute Gasteiger partial charge is 0.394 e. The molecule has 39 heavy (non-hydrogen) atoms. The van der Waals surface area contributed by atoms with E-state index < -0.39 is 83.2 Å². The van der Waals surface area contributed by atoms with Crippen LogP contribution < -0.4 is 21.3 Å². The van der Waals surface area contributed by atoms with Gasteiger partial charge in [-0.3, -0.25) is 24.0 Å².